The highest BCUT2D eigenvalue weighted by Crippen LogP contribution is 2.22. The molecular formula is C13H7N3O. The largest absolute Gasteiger partial charge is 0.435 e. The van der Waals surface area contributed by atoms with Crippen molar-refractivity contribution in [1.82, 2.24) is 9.97 Å². The summed E-state index contributed by atoms with van der Waals surface area (Å²) in [6, 6.07) is 12.9. The van der Waals surface area contributed by atoms with Gasteiger partial charge in [0, 0.05) is 6.20 Å². The molecule has 0 spiro atoms. The lowest BCUT2D eigenvalue weighted by atomic mass is 10.2. The van der Waals surface area contributed by atoms with Crippen molar-refractivity contribution in [3.8, 4) is 17.7 Å². The molecule has 0 saturated carbocycles. The van der Waals surface area contributed by atoms with Crippen LogP contribution in [0.25, 0.3) is 22.7 Å². The summed E-state index contributed by atoms with van der Waals surface area (Å²) in [5.41, 5.74) is 2.61. The van der Waals surface area contributed by atoms with Crippen molar-refractivity contribution < 1.29 is 4.42 Å². The molecule has 4 heteroatoms. The molecule has 80 valence electrons. The second kappa shape index (κ2) is 3.72. The molecule has 0 atom stereocenters. The van der Waals surface area contributed by atoms with Crippen molar-refractivity contribution in [3.63, 3.8) is 0 Å². The van der Waals surface area contributed by atoms with Crippen molar-refractivity contribution in [2.75, 3.05) is 0 Å². The molecule has 3 aromatic rings. The first-order valence-electron chi connectivity index (χ1n) is 5.09. The summed E-state index contributed by atoms with van der Waals surface area (Å²) >= 11 is 0. The predicted octanol–water partition coefficient (Wildman–Crippen LogP) is 2.76. The van der Waals surface area contributed by atoms with Crippen LogP contribution in [0.4, 0.5) is 0 Å². The summed E-state index contributed by atoms with van der Waals surface area (Å²) in [6.07, 6.45) is 1.57. The van der Waals surface area contributed by atoms with Crippen LogP contribution in [-0.2, 0) is 0 Å². The van der Waals surface area contributed by atoms with E-state index in [0.717, 1.165) is 5.52 Å². The van der Waals surface area contributed by atoms with Crippen LogP contribution in [0, 0.1) is 11.3 Å². The van der Waals surface area contributed by atoms with E-state index in [1.54, 1.807) is 18.3 Å². The monoisotopic (exact) mass is 221 g/mol. The third-order valence-corrected chi connectivity index (χ3v) is 2.40. The highest BCUT2D eigenvalue weighted by molar-refractivity contribution is 5.75. The van der Waals surface area contributed by atoms with Crippen molar-refractivity contribution in [1.29, 1.82) is 5.26 Å². The molecule has 0 bridgehead atoms. The molecule has 0 N–H and O–H groups in total. The van der Waals surface area contributed by atoms with Gasteiger partial charge >= 0.3 is 0 Å². The highest BCUT2D eigenvalue weighted by Gasteiger charge is 2.09. The lowest BCUT2D eigenvalue weighted by Gasteiger charge is -1.93. The second-order valence-electron chi connectivity index (χ2n) is 3.53. The topological polar surface area (TPSA) is 62.7 Å². The Labute approximate surface area is 97.2 Å². The number of hydrogen-bond acceptors (Lipinski definition) is 4. The van der Waals surface area contributed by atoms with E-state index in [1.807, 2.05) is 24.3 Å². The minimum atomic E-state index is 0.434. The van der Waals surface area contributed by atoms with E-state index >= 15 is 0 Å². The van der Waals surface area contributed by atoms with Crippen molar-refractivity contribution in [2.24, 2.45) is 0 Å². The van der Waals surface area contributed by atoms with Gasteiger partial charge in [-0.1, -0.05) is 12.1 Å². The molecule has 0 radical (unpaired) electrons. The number of pyridine rings is 1. The standard InChI is InChI=1S/C13H7N3O/c14-8-9-5-6-15-11(7-9)13-16-10-3-1-2-4-12(10)17-13/h1-7H. The molecular weight excluding hydrogens is 214 g/mol. The van der Waals surface area contributed by atoms with Gasteiger partial charge in [-0.15, -0.1) is 0 Å². The van der Waals surface area contributed by atoms with Gasteiger partial charge in [-0.2, -0.15) is 5.26 Å². The Morgan fingerprint density at radius 3 is 2.88 bits per heavy atom. The average molecular weight is 221 g/mol. The SMILES string of the molecule is N#Cc1ccnc(-c2nc3ccccc3o2)c1. The first-order valence-corrected chi connectivity index (χ1v) is 5.09. The summed E-state index contributed by atoms with van der Waals surface area (Å²) in [5.74, 6) is 0.434. The Kier molecular flexibility index (Phi) is 2.09. The van der Waals surface area contributed by atoms with E-state index in [9.17, 15) is 0 Å². The fourth-order valence-electron chi connectivity index (χ4n) is 1.60. The highest BCUT2D eigenvalue weighted by atomic mass is 16.3. The molecule has 0 saturated heterocycles. The quantitative estimate of drug-likeness (QED) is 0.633. The summed E-state index contributed by atoms with van der Waals surface area (Å²) in [4.78, 5) is 8.47. The summed E-state index contributed by atoms with van der Waals surface area (Å²) in [7, 11) is 0. The number of benzene rings is 1. The van der Waals surface area contributed by atoms with Crippen molar-refractivity contribution >= 4 is 11.1 Å². The van der Waals surface area contributed by atoms with E-state index in [4.69, 9.17) is 9.68 Å². The maximum Gasteiger partial charge on any atom is 0.246 e. The molecule has 17 heavy (non-hydrogen) atoms. The Hall–Kier alpha value is -2.67. The molecule has 0 aliphatic heterocycles. The molecule has 1 aromatic carbocycles. The molecule has 0 fully saturated rings. The third kappa shape index (κ3) is 1.64. The van der Waals surface area contributed by atoms with Crippen molar-refractivity contribution in [3.05, 3.63) is 48.2 Å². The number of hydrogen-bond donors (Lipinski definition) is 0. The molecule has 0 amide bonds. The lowest BCUT2D eigenvalue weighted by molar-refractivity contribution is 0.617. The van der Waals surface area contributed by atoms with Gasteiger partial charge in [0.25, 0.3) is 0 Å². The first kappa shape index (κ1) is 9.55. The Balaban J connectivity index is 2.17. The number of para-hydroxylation sites is 2. The number of aromatic nitrogens is 2. The summed E-state index contributed by atoms with van der Waals surface area (Å²) < 4.78 is 5.57. The van der Waals surface area contributed by atoms with Crippen LogP contribution in [0.15, 0.2) is 47.0 Å². The fraction of sp³-hybridized carbons (Fsp3) is 0. The molecule has 2 heterocycles. The minimum absolute atomic E-state index is 0.434. The lowest BCUT2D eigenvalue weighted by Crippen LogP contribution is -1.84. The summed E-state index contributed by atoms with van der Waals surface area (Å²) in [5, 5.41) is 8.82. The van der Waals surface area contributed by atoms with Crippen molar-refractivity contribution in [2.45, 2.75) is 0 Å². The zero-order valence-electron chi connectivity index (χ0n) is 8.79. The molecule has 2 aromatic heterocycles. The number of nitriles is 1. The smallest absolute Gasteiger partial charge is 0.246 e. The molecule has 0 aliphatic rings. The minimum Gasteiger partial charge on any atom is -0.435 e. The van der Waals surface area contributed by atoms with E-state index < -0.39 is 0 Å². The molecule has 0 aliphatic carbocycles. The summed E-state index contributed by atoms with van der Waals surface area (Å²) in [6.45, 7) is 0. The number of oxazole rings is 1. The van der Waals surface area contributed by atoms with Gasteiger partial charge in [-0.3, -0.25) is 4.98 Å². The van der Waals surface area contributed by atoms with Gasteiger partial charge in [0.15, 0.2) is 5.58 Å². The van der Waals surface area contributed by atoms with Gasteiger partial charge in [-0.05, 0) is 24.3 Å². The maximum absolute atomic E-state index is 8.82. The van der Waals surface area contributed by atoms with E-state index in [2.05, 4.69) is 16.0 Å². The third-order valence-electron chi connectivity index (χ3n) is 2.40. The van der Waals surface area contributed by atoms with Crippen LogP contribution >= 0.6 is 0 Å². The Morgan fingerprint density at radius 1 is 1.18 bits per heavy atom. The normalized spacial score (nSPS) is 10.3. The van der Waals surface area contributed by atoms with E-state index in [0.29, 0.717) is 22.7 Å². The maximum atomic E-state index is 8.82. The molecule has 4 nitrogen and oxygen atoms in total. The predicted molar refractivity (Wildman–Crippen MR) is 62.0 cm³/mol. The Morgan fingerprint density at radius 2 is 2.06 bits per heavy atom. The van der Waals surface area contributed by atoms with Gasteiger partial charge in [0.1, 0.15) is 11.2 Å². The van der Waals surface area contributed by atoms with Gasteiger partial charge in [-0.25, -0.2) is 4.98 Å². The van der Waals surface area contributed by atoms with Gasteiger partial charge < -0.3 is 4.42 Å². The second-order valence-corrected chi connectivity index (χ2v) is 3.53. The van der Waals surface area contributed by atoms with E-state index in [1.165, 1.54) is 0 Å². The molecule has 3 rings (SSSR count). The average Bonchev–Trinajstić information content (AvgIpc) is 2.82. The van der Waals surface area contributed by atoms with Gasteiger partial charge in [0.05, 0.1) is 11.6 Å². The number of nitrogens with zero attached hydrogens (tertiary/aromatic N) is 3. The first-order chi connectivity index (χ1) is 8.36. The zero-order chi connectivity index (χ0) is 11.7. The van der Waals surface area contributed by atoms with E-state index in [-0.39, 0.29) is 0 Å². The van der Waals surface area contributed by atoms with Crippen LogP contribution in [0.3, 0.4) is 0 Å². The van der Waals surface area contributed by atoms with Gasteiger partial charge in [0.2, 0.25) is 5.89 Å². The number of rotatable bonds is 1. The van der Waals surface area contributed by atoms with Crippen LogP contribution in [0.1, 0.15) is 5.56 Å². The van der Waals surface area contributed by atoms with Crippen LogP contribution in [0.2, 0.25) is 0 Å². The fourth-order valence-corrected chi connectivity index (χ4v) is 1.60. The zero-order valence-corrected chi connectivity index (χ0v) is 8.79. The molecule has 0 unspecified atom stereocenters. The van der Waals surface area contributed by atoms with Crippen LogP contribution in [-0.4, -0.2) is 9.97 Å². The Bertz CT molecular complexity index is 692. The van der Waals surface area contributed by atoms with Crippen LogP contribution in [0.5, 0.6) is 0 Å². The van der Waals surface area contributed by atoms with Crippen LogP contribution < -0.4 is 0 Å². The number of fused-ring (bicyclic) bond motifs is 1.